The van der Waals surface area contributed by atoms with Crippen LogP contribution in [0.5, 0.6) is 0 Å². The molecule has 0 saturated carbocycles. The first-order chi connectivity index (χ1) is 9.06. The molecule has 19 heavy (non-hydrogen) atoms. The molecule has 4 heteroatoms. The highest BCUT2D eigenvalue weighted by Crippen LogP contribution is 2.21. The Morgan fingerprint density at radius 3 is 2.68 bits per heavy atom. The Kier molecular flexibility index (Phi) is 6.95. The largest absolute Gasteiger partial charge is 0.394 e. The van der Waals surface area contributed by atoms with Crippen LogP contribution in [0, 0.1) is 13.8 Å². The third-order valence-corrected chi connectivity index (χ3v) is 4.15. The minimum absolute atomic E-state index is 0.00649. The summed E-state index contributed by atoms with van der Waals surface area (Å²) in [5.41, 5.74) is 2.57. The zero-order valence-electron chi connectivity index (χ0n) is 11.9. The Morgan fingerprint density at radius 1 is 1.37 bits per heavy atom. The second-order valence-electron chi connectivity index (χ2n) is 4.70. The molecular weight excluding hydrogens is 258 g/mol. The fraction of sp³-hybridized carbons (Fsp3) is 0.533. The number of thioether (sulfide) groups is 1. The van der Waals surface area contributed by atoms with E-state index in [4.69, 9.17) is 5.11 Å². The summed E-state index contributed by atoms with van der Waals surface area (Å²) in [7, 11) is 0. The molecule has 0 aliphatic rings. The molecule has 1 aromatic rings. The summed E-state index contributed by atoms with van der Waals surface area (Å²) in [6, 6.07) is 6.24. The van der Waals surface area contributed by atoms with E-state index in [0.29, 0.717) is 6.42 Å². The Balaban J connectivity index is 2.33. The fourth-order valence-corrected chi connectivity index (χ4v) is 2.59. The molecular formula is C15H23NO2S. The van der Waals surface area contributed by atoms with Crippen LogP contribution in [0.2, 0.25) is 0 Å². The van der Waals surface area contributed by atoms with E-state index in [9.17, 15) is 4.79 Å². The monoisotopic (exact) mass is 281 g/mol. The van der Waals surface area contributed by atoms with Crippen molar-refractivity contribution in [2.45, 2.75) is 44.6 Å². The summed E-state index contributed by atoms with van der Waals surface area (Å²) < 4.78 is 0. The highest BCUT2D eigenvalue weighted by molar-refractivity contribution is 7.99. The Hall–Kier alpha value is -1.00. The standard InChI is InChI=1S/C15H23NO2S/c1-4-13(10-17)16-15(18)7-8-19-14-6-5-11(2)12(3)9-14/h5-6,9,13,17H,4,7-8,10H2,1-3H3,(H,16,18)/t13-/m1/s1. The third-order valence-electron chi connectivity index (χ3n) is 3.15. The van der Waals surface area contributed by atoms with Crippen molar-refractivity contribution in [2.24, 2.45) is 0 Å². The quantitative estimate of drug-likeness (QED) is 0.755. The van der Waals surface area contributed by atoms with Gasteiger partial charge in [0.25, 0.3) is 0 Å². The average molecular weight is 281 g/mol. The lowest BCUT2D eigenvalue weighted by atomic mass is 10.1. The smallest absolute Gasteiger partial charge is 0.221 e. The van der Waals surface area contributed by atoms with E-state index in [-0.39, 0.29) is 18.6 Å². The van der Waals surface area contributed by atoms with Crippen LogP contribution in [0.3, 0.4) is 0 Å². The van der Waals surface area contributed by atoms with Gasteiger partial charge in [-0.05, 0) is 43.5 Å². The van der Waals surface area contributed by atoms with Crippen molar-refractivity contribution in [1.29, 1.82) is 0 Å². The van der Waals surface area contributed by atoms with Crippen LogP contribution in [0.1, 0.15) is 30.9 Å². The van der Waals surface area contributed by atoms with Gasteiger partial charge in [0.15, 0.2) is 0 Å². The molecule has 0 aromatic heterocycles. The van der Waals surface area contributed by atoms with Crippen LogP contribution in [0.4, 0.5) is 0 Å². The van der Waals surface area contributed by atoms with Gasteiger partial charge in [0.2, 0.25) is 5.91 Å². The molecule has 1 amide bonds. The molecule has 1 aromatic carbocycles. The lowest BCUT2D eigenvalue weighted by Crippen LogP contribution is -2.37. The molecule has 2 N–H and O–H groups in total. The van der Waals surface area contributed by atoms with Gasteiger partial charge < -0.3 is 10.4 Å². The minimum atomic E-state index is -0.112. The maximum Gasteiger partial charge on any atom is 0.221 e. The summed E-state index contributed by atoms with van der Waals surface area (Å²) >= 11 is 1.69. The van der Waals surface area contributed by atoms with Crippen LogP contribution < -0.4 is 5.32 Å². The SMILES string of the molecule is CC[C@H](CO)NC(=O)CCSc1ccc(C)c(C)c1. The van der Waals surface area contributed by atoms with E-state index < -0.39 is 0 Å². The van der Waals surface area contributed by atoms with Crippen molar-refractivity contribution in [1.82, 2.24) is 5.32 Å². The molecule has 0 heterocycles. The van der Waals surface area contributed by atoms with Gasteiger partial charge >= 0.3 is 0 Å². The summed E-state index contributed by atoms with van der Waals surface area (Å²) in [6.07, 6.45) is 1.24. The predicted octanol–water partition coefficient (Wildman–Crippen LogP) is 2.67. The van der Waals surface area contributed by atoms with Gasteiger partial charge in [-0.1, -0.05) is 13.0 Å². The molecule has 0 unspecified atom stereocenters. The molecule has 3 nitrogen and oxygen atoms in total. The van der Waals surface area contributed by atoms with Crippen LogP contribution in [0.25, 0.3) is 0 Å². The van der Waals surface area contributed by atoms with Gasteiger partial charge in [-0.15, -0.1) is 11.8 Å². The van der Waals surface area contributed by atoms with Gasteiger partial charge in [0.1, 0.15) is 0 Å². The van der Waals surface area contributed by atoms with Crippen LogP contribution in [0.15, 0.2) is 23.1 Å². The molecule has 0 bridgehead atoms. The number of nitrogens with one attached hydrogen (secondary N) is 1. The summed E-state index contributed by atoms with van der Waals surface area (Å²) in [4.78, 5) is 12.8. The van der Waals surface area contributed by atoms with Crippen LogP contribution >= 0.6 is 11.8 Å². The highest BCUT2D eigenvalue weighted by atomic mass is 32.2. The van der Waals surface area contributed by atoms with Crippen molar-refractivity contribution in [3.05, 3.63) is 29.3 Å². The van der Waals surface area contributed by atoms with Crippen molar-refractivity contribution < 1.29 is 9.90 Å². The number of hydrogen-bond acceptors (Lipinski definition) is 3. The first-order valence-electron chi connectivity index (χ1n) is 6.67. The molecule has 0 radical (unpaired) electrons. The maximum absolute atomic E-state index is 11.6. The van der Waals surface area contributed by atoms with E-state index in [1.54, 1.807) is 11.8 Å². The van der Waals surface area contributed by atoms with Gasteiger partial charge in [0, 0.05) is 17.1 Å². The third kappa shape index (κ3) is 5.66. The topological polar surface area (TPSA) is 49.3 Å². The van der Waals surface area contributed by atoms with E-state index >= 15 is 0 Å². The Bertz CT molecular complexity index is 417. The lowest BCUT2D eigenvalue weighted by molar-refractivity contribution is -0.121. The molecule has 0 aliphatic carbocycles. The van der Waals surface area contributed by atoms with Crippen molar-refractivity contribution >= 4 is 17.7 Å². The van der Waals surface area contributed by atoms with Crippen LogP contribution in [-0.4, -0.2) is 29.4 Å². The normalized spacial score (nSPS) is 12.2. The number of hydrogen-bond donors (Lipinski definition) is 2. The molecule has 1 rings (SSSR count). The maximum atomic E-state index is 11.6. The number of amides is 1. The average Bonchev–Trinajstić information content (AvgIpc) is 2.40. The number of aliphatic hydroxyl groups excluding tert-OH is 1. The second-order valence-corrected chi connectivity index (χ2v) is 5.87. The van der Waals surface area contributed by atoms with Gasteiger partial charge in [-0.25, -0.2) is 0 Å². The molecule has 0 aliphatic heterocycles. The predicted molar refractivity (Wildman–Crippen MR) is 80.6 cm³/mol. The van der Waals surface area contributed by atoms with Crippen molar-refractivity contribution in [3.8, 4) is 0 Å². The van der Waals surface area contributed by atoms with E-state index in [1.807, 2.05) is 6.92 Å². The van der Waals surface area contributed by atoms with Crippen molar-refractivity contribution in [3.63, 3.8) is 0 Å². The summed E-state index contributed by atoms with van der Waals surface area (Å²) in [6.45, 7) is 6.15. The summed E-state index contributed by atoms with van der Waals surface area (Å²) in [5.74, 6) is 0.771. The first kappa shape index (κ1) is 16.1. The molecule has 0 saturated heterocycles. The fourth-order valence-electron chi connectivity index (χ4n) is 1.64. The van der Waals surface area contributed by atoms with E-state index in [1.165, 1.54) is 16.0 Å². The van der Waals surface area contributed by atoms with Gasteiger partial charge in [-0.2, -0.15) is 0 Å². The zero-order valence-corrected chi connectivity index (χ0v) is 12.7. The summed E-state index contributed by atoms with van der Waals surface area (Å²) in [5, 5.41) is 11.8. The van der Waals surface area contributed by atoms with E-state index in [2.05, 4.69) is 37.4 Å². The van der Waals surface area contributed by atoms with Crippen LogP contribution in [-0.2, 0) is 4.79 Å². The molecule has 1 atom stereocenters. The van der Waals surface area contributed by atoms with E-state index in [0.717, 1.165) is 12.2 Å². The number of aliphatic hydroxyl groups is 1. The van der Waals surface area contributed by atoms with Gasteiger partial charge in [0.05, 0.1) is 12.6 Å². The second kappa shape index (κ2) is 8.23. The number of benzene rings is 1. The molecule has 106 valence electrons. The molecule has 0 fully saturated rings. The highest BCUT2D eigenvalue weighted by Gasteiger charge is 2.08. The molecule has 0 spiro atoms. The first-order valence-corrected chi connectivity index (χ1v) is 7.65. The number of aryl methyl sites for hydroxylation is 2. The lowest BCUT2D eigenvalue weighted by Gasteiger charge is -2.13. The number of carbonyl (C=O) groups excluding carboxylic acids is 1. The zero-order chi connectivity index (χ0) is 14.3. The number of carbonyl (C=O) groups is 1. The Morgan fingerprint density at radius 2 is 2.11 bits per heavy atom. The number of rotatable bonds is 7. The minimum Gasteiger partial charge on any atom is -0.394 e. The van der Waals surface area contributed by atoms with Crippen molar-refractivity contribution in [2.75, 3.05) is 12.4 Å². The van der Waals surface area contributed by atoms with Gasteiger partial charge in [-0.3, -0.25) is 4.79 Å². The Labute approximate surface area is 119 Å².